The van der Waals surface area contributed by atoms with E-state index in [1.165, 1.54) is 0 Å². The molecule has 0 atom stereocenters. The molecule has 2 nitrogen and oxygen atoms in total. The van der Waals surface area contributed by atoms with E-state index in [0.717, 1.165) is 0 Å². The van der Waals surface area contributed by atoms with E-state index in [1.807, 2.05) is 0 Å². The fraction of sp³-hybridized carbons (Fsp3) is 0.400. The van der Waals surface area contributed by atoms with Crippen LogP contribution >= 0.6 is 0 Å². The largest absolute Gasteiger partial charge is 0.462 e. The monoisotopic (exact) mass is 208 g/mol. The predicted molar refractivity (Wildman–Crippen MR) is 28.5 cm³/mol. The summed E-state index contributed by atoms with van der Waals surface area (Å²) < 4.78 is 66.9. The number of carbonyl (C=O) groups is 1. The number of halogens is 6. The topological polar surface area (TPSA) is 48.6 Å². The highest BCUT2D eigenvalue weighted by Crippen LogP contribution is 2.16. The van der Waals surface area contributed by atoms with Crippen molar-refractivity contribution in [1.29, 1.82) is 0 Å². The van der Waals surface area contributed by atoms with Crippen LogP contribution in [0.1, 0.15) is 0 Å². The number of hydrogen-bond donors (Lipinski definition) is 0. The van der Waals surface area contributed by atoms with Crippen LogP contribution in [0.3, 0.4) is 0 Å². The van der Waals surface area contributed by atoms with Gasteiger partial charge in [0.05, 0.1) is 0 Å². The Morgan fingerprint density at radius 3 is 1.62 bits per heavy atom. The second-order valence-corrected chi connectivity index (χ2v) is 1.57. The van der Waals surface area contributed by atoms with E-state index < -0.39 is 18.1 Å². The maximum absolute atomic E-state index is 11.2. The van der Waals surface area contributed by atoms with Gasteiger partial charge in [0.2, 0.25) is 0 Å². The molecule has 0 heterocycles. The molecule has 0 aliphatic carbocycles. The van der Waals surface area contributed by atoms with E-state index in [-0.39, 0.29) is 11.4 Å². The summed E-state index contributed by atoms with van der Waals surface area (Å²) in [7, 11) is 0. The van der Waals surface area contributed by atoms with Gasteiger partial charge in [-0.05, 0) is 5.92 Å². The molecule has 0 amide bonds. The fourth-order valence-corrected chi connectivity index (χ4v) is 0.199. The molecule has 0 radical (unpaired) electrons. The molecule has 0 aromatic heterocycles. The SMILES string of the molecule is O.O=C(C#CC(F)(F)F)C(F)(F)F. The maximum Gasteiger partial charge on any atom is 0.462 e. The number of rotatable bonds is 0. The van der Waals surface area contributed by atoms with Crippen LogP contribution in [-0.2, 0) is 4.79 Å². The number of alkyl halides is 6. The third-order valence-electron chi connectivity index (χ3n) is 0.575. The van der Waals surface area contributed by atoms with Gasteiger partial charge in [-0.15, -0.1) is 0 Å². The van der Waals surface area contributed by atoms with Crippen molar-refractivity contribution in [2.45, 2.75) is 12.4 Å². The van der Waals surface area contributed by atoms with Gasteiger partial charge in [-0.3, -0.25) is 4.79 Å². The first-order chi connectivity index (χ1) is 5.13. The summed E-state index contributed by atoms with van der Waals surface area (Å²) >= 11 is 0. The van der Waals surface area contributed by atoms with Gasteiger partial charge in [-0.2, -0.15) is 26.3 Å². The van der Waals surface area contributed by atoms with Crippen LogP contribution in [0, 0.1) is 11.8 Å². The van der Waals surface area contributed by atoms with E-state index >= 15 is 0 Å². The summed E-state index contributed by atoms with van der Waals surface area (Å²) in [5.41, 5.74) is 0. The van der Waals surface area contributed by atoms with E-state index in [1.54, 1.807) is 0 Å². The third-order valence-corrected chi connectivity index (χ3v) is 0.575. The Morgan fingerprint density at radius 2 is 1.38 bits per heavy atom. The number of carbonyl (C=O) groups excluding carboxylic acids is 1. The van der Waals surface area contributed by atoms with Gasteiger partial charge in [-0.25, -0.2) is 0 Å². The zero-order chi connectivity index (χ0) is 9.99. The van der Waals surface area contributed by atoms with E-state index in [9.17, 15) is 31.1 Å². The lowest BCUT2D eigenvalue weighted by molar-refractivity contribution is -0.164. The molecule has 0 aromatic rings. The normalized spacial score (nSPS) is 10.9. The third kappa shape index (κ3) is 7.14. The van der Waals surface area contributed by atoms with Crippen molar-refractivity contribution in [2.75, 3.05) is 0 Å². The molecule has 0 unspecified atom stereocenters. The molecule has 0 aliphatic heterocycles. The Kier molecular flexibility index (Phi) is 4.55. The summed E-state index contributed by atoms with van der Waals surface area (Å²) in [5.74, 6) is -2.08. The molecule has 76 valence electrons. The van der Waals surface area contributed by atoms with Gasteiger partial charge < -0.3 is 5.48 Å². The zero-order valence-electron chi connectivity index (χ0n) is 5.68. The Labute approximate surface area is 67.8 Å². The summed E-state index contributed by atoms with van der Waals surface area (Å²) in [6, 6.07) is 0. The molecule has 8 heteroatoms. The minimum absolute atomic E-state index is 0. The molecule has 0 spiro atoms. The summed E-state index contributed by atoms with van der Waals surface area (Å²) in [4.78, 5) is 9.71. The second-order valence-electron chi connectivity index (χ2n) is 1.57. The smallest absolute Gasteiger partial charge is 0.412 e. The summed E-state index contributed by atoms with van der Waals surface area (Å²) in [5, 5.41) is 0. The number of Topliss-reactive ketones (excluding diaryl/α,β-unsaturated/α-hetero) is 1. The van der Waals surface area contributed by atoms with E-state index in [4.69, 9.17) is 0 Å². The summed E-state index contributed by atoms with van der Waals surface area (Å²) in [6.07, 6.45) is -10.4. The van der Waals surface area contributed by atoms with Gasteiger partial charge in [-0.1, -0.05) is 0 Å². The lowest BCUT2D eigenvalue weighted by atomic mass is 10.4. The highest BCUT2D eigenvalue weighted by Gasteiger charge is 2.38. The molecule has 2 N–H and O–H groups in total. The molecule has 0 aromatic carbocycles. The standard InChI is InChI=1S/C5F6O.H2O/c6-4(7,8)2-1-3(12)5(9,10)11;/h;1H2. The van der Waals surface area contributed by atoms with Gasteiger partial charge in [0, 0.05) is 5.92 Å². The van der Waals surface area contributed by atoms with Crippen molar-refractivity contribution in [3.05, 3.63) is 0 Å². The van der Waals surface area contributed by atoms with Gasteiger partial charge in [0.25, 0.3) is 0 Å². The first-order valence-electron chi connectivity index (χ1n) is 2.34. The van der Waals surface area contributed by atoms with Crippen molar-refractivity contribution >= 4 is 5.78 Å². The van der Waals surface area contributed by atoms with Gasteiger partial charge >= 0.3 is 18.1 Å². The van der Waals surface area contributed by atoms with Crippen molar-refractivity contribution in [1.82, 2.24) is 0 Å². The Morgan fingerprint density at radius 1 is 1.00 bits per heavy atom. The molecule has 0 saturated heterocycles. The van der Waals surface area contributed by atoms with Gasteiger partial charge in [0.1, 0.15) is 0 Å². The Hall–Kier alpha value is -1.23. The lowest BCUT2D eigenvalue weighted by Crippen LogP contribution is -2.21. The molecule has 0 rings (SSSR count). The van der Waals surface area contributed by atoms with Crippen LogP contribution in [-0.4, -0.2) is 23.6 Å². The molecule has 0 saturated carbocycles. The van der Waals surface area contributed by atoms with Crippen LogP contribution in [0.4, 0.5) is 26.3 Å². The van der Waals surface area contributed by atoms with Crippen LogP contribution in [0.15, 0.2) is 0 Å². The molecular formula is C5H2F6O2. The van der Waals surface area contributed by atoms with Crippen molar-refractivity contribution in [3.63, 3.8) is 0 Å². The lowest BCUT2D eigenvalue weighted by Gasteiger charge is -1.97. The molecular weight excluding hydrogens is 206 g/mol. The summed E-state index contributed by atoms with van der Waals surface area (Å²) in [6.45, 7) is 0. The molecule has 0 aliphatic rings. The minimum atomic E-state index is -5.34. The second kappa shape index (κ2) is 4.13. The highest BCUT2D eigenvalue weighted by molar-refractivity contribution is 5.99. The highest BCUT2D eigenvalue weighted by atomic mass is 19.4. The molecule has 0 bridgehead atoms. The van der Waals surface area contributed by atoms with Crippen LogP contribution in [0.5, 0.6) is 0 Å². The van der Waals surface area contributed by atoms with Crippen LogP contribution in [0.25, 0.3) is 0 Å². The first kappa shape index (κ1) is 14.3. The quantitative estimate of drug-likeness (QED) is 0.331. The van der Waals surface area contributed by atoms with Crippen LogP contribution in [0.2, 0.25) is 0 Å². The van der Waals surface area contributed by atoms with Crippen LogP contribution < -0.4 is 0 Å². The van der Waals surface area contributed by atoms with Gasteiger partial charge in [0.15, 0.2) is 0 Å². The average Bonchev–Trinajstić information content (AvgIpc) is 1.78. The molecule has 0 fully saturated rings. The average molecular weight is 208 g/mol. The zero-order valence-corrected chi connectivity index (χ0v) is 5.68. The Balaban J connectivity index is 0. The number of hydrogen-bond acceptors (Lipinski definition) is 1. The number of ketones is 1. The molecule has 13 heavy (non-hydrogen) atoms. The van der Waals surface area contributed by atoms with Crippen molar-refractivity contribution < 1.29 is 36.6 Å². The minimum Gasteiger partial charge on any atom is -0.412 e. The van der Waals surface area contributed by atoms with E-state index in [2.05, 4.69) is 0 Å². The van der Waals surface area contributed by atoms with E-state index in [0.29, 0.717) is 5.92 Å². The predicted octanol–water partition coefficient (Wildman–Crippen LogP) is 0.859. The van der Waals surface area contributed by atoms with Crippen molar-refractivity contribution in [2.24, 2.45) is 0 Å². The maximum atomic E-state index is 11.2. The first-order valence-corrected chi connectivity index (χ1v) is 2.34. The fourth-order valence-electron chi connectivity index (χ4n) is 0.199. The Bertz CT molecular complexity index is 238. The van der Waals surface area contributed by atoms with Crippen molar-refractivity contribution in [3.8, 4) is 11.8 Å².